The number of hydrogen-bond acceptors (Lipinski definition) is 6. The van der Waals surface area contributed by atoms with E-state index in [0.717, 1.165) is 4.47 Å². The van der Waals surface area contributed by atoms with E-state index in [1.54, 1.807) is 18.2 Å². The molecular weight excluding hydrogens is 376 g/mol. The van der Waals surface area contributed by atoms with Gasteiger partial charge in [0.25, 0.3) is 0 Å². The molecule has 0 radical (unpaired) electrons. The summed E-state index contributed by atoms with van der Waals surface area (Å²) in [7, 11) is 0. The van der Waals surface area contributed by atoms with Gasteiger partial charge in [-0.1, -0.05) is 15.9 Å². The molecule has 8 heteroatoms. The second kappa shape index (κ2) is 5.97. The van der Waals surface area contributed by atoms with Crippen LogP contribution in [0, 0.1) is 11.3 Å². The fraction of sp³-hybridized carbons (Fsp3) is 0. The molecule has 4 N–H and O–H groups in total. The minimum atomic E-state index is 0.450. The van der Waals surface area contributed by atoms with Crippen molar-refractivity contribution in [2.75, 3.05) is 10.7 Å². The number of nitriles is 1. The first-order chi connectivity index (χ1) is 9.15. The second-order valence-corrected chi connectivity index (χ2v) is 5.16. The lowest BCUT2D eigenvalue weighted by atomic mass is 10.2. The lowest BCUT2D eigenvalue weighted by Crippen LogP contribution is -2.10. The molecule has 0 fully saturated rings. The lowest BCUT2D eigenvalue weighted by molar-refractivity contribution is 1.12. The summed E-state index contributed by atoms with van der Waals surface area (Å²) >= 11 is 6.70. The molecule has 0 aliphatic heterocycles. The third-order valence-electron chi connectivity index (χ3n) is 2.28. The third-order valence-corrected chi connectivity index (χ3v) is 3.53. The summed E-state index contributed by atoms with van der Waals surface area (Å²) in [4.78, 5) is 8.05. The summed E-state index contributed by atoms with van der Waals surface area (Å²) in [5, 5.41) is 12.1. The summed E-state index contributed by atoms with van der Waals surface area (Å²) < 4.78 is 1.44. The number of anilines is 3. The van der Waals surface area contributed by atoms with Gasteiger partial charge in [-0.3, -0.25) is 0 Å². The van der Waals surface area contributed by atoms with Crippen molar-refractivity contribution in [3.8, 4) is 6.07 Å². The van der Waals surface area contributed by atoms with Crippen LogP contribution in [0.25, 0.3) is 0 Å². The van der Waals surface area contributed by atoms with E-state index in [4.69, 9.17) is 11.1 Å². The number of hydrogen-bond donors (Lipinski definition) is 3. The van der Waals surface area contributed by atoms with Gasteiger partial charge in [-0.15, -0.1) is 0 Å². The SMILES string of the molecule is N#Cc1ccc(Br)cc1Nc1ncnc(NN)c1Br. The molecule has 19 heavy (non-hydrogen) atoms. The molecule has 0 spiro atoms. The first-order valence-electron chi connectivity index (χ1n) is 5.09. The summed E-state index contributed by atoms with van der Waals surface area (Å²) in [6.07, 6.45) is 1.37. The summed E-state index contributed by atoms with van der Waals surface area (Å²) in [6, 6.07) is 7.41. The van der Waals surface area contributed by atoms with Crippen LogP contribution in [0.15, 0.2) is 33.5 Å². The number of nitrogen functional groups attached to an aromatic ring is 1. The molecule has 0 saturated carbocycles. The van der Waals surface area contributed by atoms with Crippen LogP contribution in [0.1, 0.15) is 5.56 Å². The first-order valence-corrected chi connectivity index (χ1v) is 6.68. The number of nitrogens with two attached hydrogens (primary N) is 1. The Morgan fingerprint density at radius 3 is 2.63 bits per heavy atom. The van der Waals surface area contributed by atoms with Crippen LogP contribution in [0.4, 0.5) is 17.3 Å². The molecule has 96 valence electrons. The number of hydrazine groups is 1. The molecule has 0 unspecified atom stereocenters. The molecule has 2 aromatic rings. The summed E-state index contributed by atoms with van der Waals surface area (Å²) in [5.74, 6) is 6.30. The van der Waals surface area contributed by atoms with Crippen molar-refractivity contribution < 1.29 is 0 Å². The van der Waals surface area contributed by atoms with Gasteiger partial charge in [0.1, 0.15) is 22.7 Å². The molecule has 1 aromatic heterocycles. The van der Waals surface area contributed by atoms with Gasteiger partial charge in [0.15, 0.2) is 5.82 Å². The molecule has 0 aliphatic rings. The van der Waals surface area contributed by atoms with Crippen LogP contribution in [0.2, 0.25) is 0 Å². The van der Waals surface area contributed by atoms with Crippen molar-refractivity contribution in [3.05, 3.63) is 39.0 Å². The van der Waals surface area contributed by atoms with E-state index in [2.05, 4.69) is 58.6 Å². The molecule has 0 saturated heterocycles. The van der Waals surface area contributed by atoms with Crippen LogP contribution in [0.5, 0.6) is 0 Å². The minimum absolute atomic E-state index is 0.450. The van der Waals surface area contributed by atoms with E-state index in [1.807, 2.05) is 0 Å². The van der Waals surface area contributed by atoms with E-state index in [1.165, 1.54) is 6.33 Å². The topological polar surface area (TPSA) is 99.6 Å². The van der Waals surface area contributed by atoms with E-state index in [0.29, 0.717) is 27.4 Å². The Hall–Kier alpha value is -1.69. The number of benzene rings is 1. The fourth-order valence-electron chi connectivity index (χ4n) is 1.40. The van der Waals surface area contributed by atoms with Gasteiger partial charge >= 0.3 is 0 Å². The Morgan fingerprint density at radius 1 is 1.21 bits per heavy atom. The Bertz CT molecular complexity index is 652. The second-order valence-electron chi connectivity index (χ2n) is 3.46. The highest BCUT2D eigenvalue weighted by Crippen LogP contribution is 2.30. The normalized spacial score (nSPS) is 9.79. The van der Waals surface area contributed by atoms with Crippen molar-refractivity contribution in [1.29, 1.82) is 5.26 Å². The van der Waals surface area contributed by atoms with Crippen LogP contribution in [-0.4, -0.2) is 9.97 Å². The maximum atomic E-state index is 9.08. The zero-order chi connectivity index (χ0) is 13.8. The molecule has 1 aromatic carbocycles. The van der Waals surface area contributed by atoms with Gasteiger partial charge in [-0.05, 0) is 34.1 Å². The highest BCUT2D eigenvalue weighted by Gasteiger charge is 2.10. The highest BCUT2D eigenvalue weighted by molar-refractivity contribution is 9.11. The molecule has 0 amide bonds. The number of rotatable bonds is 3. The smallest absolute Gasteiger partial charge is 0.159 e. The number of nitrogens with zero attached hydrogens (tertiary/aromatic N) is 3. The van der Waals surface area contributed by atoms with Crippen molar-refractivity contribution in [1.82, 2.24) is 9.97 Å². The Balaban J connectivity index is 2.42. The minimum Gasteiger partial charge on any atom is -0.338 e. The van der Waals surface area contributed by atoms with Crippen molar-refractivity contribution >= 4 is 49.2 Å². The summed E-state index contributed by atoms with van der Waals surface area (Å²) in [5.41, 5.74) is 3.60. The maximum absolute atomic E-state index is 9.08. The molecule has 2 rings (SSSR count). The Kier molecular flexibility index (Phi) is 4.31. The predicted octanol–water partition coefficient (Wildman–Crippen LogP) is 2.90. The maximum Gasteiger partial charge on any atom is 0.159 e. The van der Waals surface area contributed by atoms with Gasteiger partial charge in [0.05, 0.1) is 11.3 Å². The van der Waals surface area contributed by atoms with E-state index in [9.17, 15) is 0 Å². The average Bonchev–Trinajstić information content (AvgIpc) is 2.41. The van der Waals surface area contributed by atoms with Gasteiger partial charge in [-0.25, -0.2) is 15.8 Å². The quantitative estimate of drug-likeness (QED) is 0.556. The van der Waals surface area contributed by atoms with E-state index in [-0.39, 0.29) is 0 Å². The first kappa shape index (κ1) is 13.7. The zero-order valence-corrected chi connectivity index (χ0v) is 12.7. The predicted molar refractivity (Wildman–Crippen MR) is 79.7 cm³/mol. The number of halogens is 2. The van der Waals surface area contributed by atoms with Gasteiger partial charge < -0.3 is 10.7 Å². The molecule has 0 aliphatic carbocycles. The monoisotopic (exact) mass is 382 g/mol. The molecule has 0 bridgehead atoms. The van der Waals surface area contributed by atoms with Gasteiger partial charge in [0, 0.05) is 4.47 Å². The fourth-order valence-corrected chi connectivity index (χ4v) is 2.18. The molecule has 6 nitrogen and oxygen atoms in total. The molecule has 0 atom stereocenters. The standard InChI is InChI=1S/C11H8Br2N6/c12-7-2-1-6(4-14)8(3-7)18-10-9(13)11(19-15)17-5-16-10/h1-3,5H,15H2,(H2,16,17,18,19). The molecule has 1 heterocycles. The largest absolute Gasteiger partial charge is 0.338 e. The number of aromatic nitrogens is 2. The third kappa shape index (κ3) is 3.01. The Morgan fingerprint density at radius 2 is 1.95 bits per heavy atom. The van der Waals surface area contributed by atoms with Crippen molar-refractivity contribution in [2.24, 2.45) is 5.84 Å². The average molecular weight is 384 g/mol. The number of nitrogens with one attached hydrogen (secondary N) is 2. The zero-order valence-electron chi connectivity index (χ0n) is 9.48. The van der Waals surface area contributed by atoms with Crippen LogP contribution in [0.3, 0.4) is 0 Å². The van der Waals surface area contributed by atoms with Crippen LogP contribution in [-0.2, 0) is 0 Å². The van der Waals surface area contributed by atoms with Crippen molar-refractivity contribution in [2.45, 2.75) is 0 Å². The van der Waals surface area contributed by atoms with Gasteiger partial charge in [-0.2, -0.15) is 5.26 Å². The Labute approximate surface area is 126 Å². The van der Waals surface area contributed by atoms with Gasteiger partial charge in [0.2, 0.25) is 0 Å². The highest BCUT2D eigenvalue weighted by atomic mass is 79.9. The summed E-state index contributed by atoms with van der Waals surface area (Å²) in [6.45, 7) is 0. The van der Waals surface area contributed by atoms with E-state index < -0.39 is 0 Å². The van der Waals surface area contributed by atoms with Crippen LogP contribution < -0.4 is 16.6 Å². The lowest BCUT2D eigenvalue weighted by Gasteiger charge is -2.11. The molecular formula is C11H8Br2N6. The van der Waals surface area contributed by atoms with Crippen molar-refractivity contribution in [3.63, 3.8) is 0 Å². The van der Waals surface area contributed by atoms with Crippen LogP contribution >= 0.6 is 31.9 Å². The van der Waals surface area contributed by atoms with E-state index >= 15 is 0 Å².